The molecule has 0 fully saturated rings. The van der Waals surface area contributed by atoms with Gasteiger partial charge in [0.15, 0.2) is 0 Å². The summed E-state index contributed by atoms with van der Waals surface area (Å²) >= 11 is 0. The fraction of sp³-hybridized carbons (Fsp3) is 0.182. The molecule has 0 radical (unpaired) electrons. The summed E-state index contributed by atoms with van der Waals surface area (Å²) in [6, 6.07) is 8.33. The molecule has 3 heteroatoms. The molecule has 0 aliphatic rings. The number of anilines is 1. The van der Waals surface area contributed by atoms with E-state index in [9.17, 15) is 0 Å². The Labute approximate surface area is 83.0 Å². The van der Waals surface area contributed by atoms with Crippen molar-refractivity contribution in [3.05, 3.63) is 36.2 Å². The second-order valence-corrected chi connectivity index (χ2v) is 3.21. The Kier molecular flexibility index (Phi) is 2.23. The molecule has 1 aromatic carbocycles. The topological polar surface area (TPSA) is 54.7 Å². The Morgan fingerprint density at radius 2 is 2.00 bits per heavy atom. The predicted octanol–water partition coefficient (Wildman–Crippen LogP) is 2.22. The van der Waals surface area contributed by atoms with Crippen LogP contribution in [0.15, 0.2) is 30.6 Å². The minimum Gasteiger partial charge on any atom is -0.382 e. The highest BCUT2D eigenvalue weighted by atomic mass is 15.0. The lowest BCUT2D eigenvalue weighted by Crippen LogP contribution is -1.88. The molecule has 0 aliphatic carbocycles. The van der Waals surface area contributed by atoms with Gasteiger partial charge in [-0.1, -0.05) is 31.2 Å². The summed E-state index contributed by atoms with van der Waals surface area (Å²) < 4.78 is 0. The minimum absolute atomic E-state index is 0.550. The molecule has 0 amide bonds. The second kappa shape index (κ2) is 3.54. The van der Waals surface area contributed by atoms with Gasteiger partial charge in [-0.2, -0.15) is 0 Å². The molecule has 14 heavy (non-hydrogen) atoms. The van der Waals surface area contributed by atoms with Gasteiger partial charge in [-0.25, -0.2) is 4.98 Å². The summed E-state index contributed by atoms with van der Waals surface area (Å²) in [7, 11) is 0. The number of nitrogens with two attached hydrogens (primary N) is 1. The molecule has 72 valence electrons. The lowest BCUT2D eigenvalue weighted by atomic mass is 10.1. The van der Waals surface area contributed by atoms with Crippen molar-refractivity contribution in [3.8, 4) is 11.3 Å². The highest BCUT2D eigenvalue weighted by Crippen LogP contribution is 2.21. The van der Waals surface area contributed by atoms with Crippen LogP contribution in [0.5, 0.6) is 0 Å². The number of aromatic amines is 1. The Morgan fingerprint density at radius 3 is 2.50 bits per heavy atom. The number of hydrogen-bond donors (Lipinski definition) is 2. The zero-order valence-electron chi connectivity index (χ0n) is 8.12. The summed E-state index contributed by atoms with van der Waals surface area (Å²) in [5, 5.41) is 0. The smallest absolute Gasteiger partial charge is 0.149 e. The Hall–Kier alpha value is -1.77. The van der Waals surface area contributed by atoms with E-state index in [0.717, 1.165) is 17.7 Å². The van der Waals surface area contributed by atoms with E-state index < -0.39 is 0 Å². The minimum atomic E-state index is 0.550. The van der Waals surface area contributed by atoms with Crippen molar-refractivity contribution in [2.45, 2.75) is 13.3 Å². The third-order valence-electron chi connectivity index (χ3n) is 2.32. The van der Waals surface area contributed by atoms with Crippen molar-refractivity contribution >= 4 is 5.82 Å². The SMILES string of the molecule is CCc1ccc(-c2[nH]cnc2N)cc1. The van der Waals surface area contributed by atoms with Crippen LogP contribution in [0.2, 0.25) is 0 Å². The molecule has 1 heterocycles. The zero-order valence-corrected chi connectivity index (χ0v) is 8.12. The summed E-state index contributed by atoms with van der Waals surface area (Å²) in [6.07, 6.45) is 2.66. The van der Waals surface area contributed by atoms with Crippen LogP contribution >= 0.6 is 0 Å². The van der Waals surface area contributed by atoms with Crippen molar-refractivity contribution in [1.82, 2.24) is 9.97 Å². The number of nitrogen functional groups attached to an aromatic ring is 1. The summed E-state index contributed by atoms with van der Waals surface area (Å²) in [4.78, 5) is 6.98. The molecule has 0 saturated carbocycles. The first-order valence-corrected chi connectivity index (χ1v) is 4.69. The van der Waals surface area contributed by atoms with Gasteiger partial charge in [0.2, 0.25) is 0 Å². The van der Waals surface area contributed by atoms with Gasteiger partial charge in [0.1, 0.15) is 5.82 Å². The van der Waals surface area contributed by atoms with E-state index in [4.69, 9.17) is 5.73 Å². The highest BCUT2D eigenvalue weighted by Gasteiger charge is 2.03. The van der Waals surface area contributed by atoms with E-state index in [1.165, 1.54) is 5.56 Å². The van der Waals surface area contributed by atoms with Gasteiger partial charge in [-0.15, -0.1) is 0 Å². The van der Waals surface area contributed by atoms with E-state index in [1.807, 2.05) is 0 Å². The van der Waals surface area contributed by atoms with Crippen molar-refractivity contribution in [2.75, 3.05) is 5.73 Å². The van der Waals surface area contributed by atoms with Crippen molar-refractivity contribution < 1.29 is 0 Å². The van der Waals surface area contributed by atoms with Gasteiger partial charge in [0.05, 0.1) is 12.0 Å². The number of rotatable bonds is 2. The summed E-state index contributed by atoms with van der Waals surface area (Å²) in [5.74, 6) is 0.550. The van der Waals surface area contributed by atoms with Crippen LogP contribution in [-0.2, 0) is 6.42 Å². The van der Waals surface area contributed by atoms with Crippen LogP contribution in [-0.4, -0.2) is 9.97 Å². The number of nitrogens with zero attached hydrogens (tertiary/aromatic N) is 1. The molecular formula is C11H13N3. The monoisotopic (exact) mass is 187 g/mol. The first-order valence-electron chi connectivity index (χ1n) is 4.69. The average molecular weight is 187 g/mol. The fourth-order valence-corrected chi connectivity index (χ4v) is 1.44. The van der Waals surface area contributed by atoms with Gasteiger partial charge in [0.25, 0.3) is 0 Å². The molecule has 0 atom stereocenters. The molecule has 0 unspecified atom stereocenters. The highest BCUT2D eigenvalue weighted by molar-refractivity contribution is 5.69. The molecule has 0 aliphatic heterocycles. The van der Waals surface area contributed by atoms with Crippen molar-refractivity contribution in [2.24, 2.45) is 0 Å². The maximum atomic E-state index is 5.70. The molecular weight excluding hydrogens is 174 g/mol. The lowest BCUT2D eigenvalue weighted by molar-refractivity contribution is 1.14. The van der Waals surface area contributed by atoms with Crippen LogP contribution in [0, 0.1) is 0 Å². The largest absolute Gasteiger partial charge is 0.382 e. The number of H-pyrrole nitrogens is 1. The quantitative estimate of drug-likeness (QED) is 0.757. The maximum Gasteiger partial charge on any atom is 0.149 e. The van der Waals surface area contributed by atoms with Gasteiger partial charge in [0, 0.05) is 5.56 Å². The molecule has 2 rings (SSSR count). The second-order valence-electron chi connectivity index (χ2n) is 3.21. The Bertz CT molecular complexity index is 414. The average Bonchev–Trinajstić information content (AvgIpc) is 2.65. The van der Waals surface area contributed by atoms with Crippen LogP contribution in [0.1, 0.15) is 12.5 Å². The van der Waals surface area contributed by atoms with Crippen LogP contribution < -0.4 is 5.73 Å². The van der Waals surface area contributed by atoms with E-state index >= 15 is 0 Å². The predicted molar refractivity (Wildman–Crippen MR) is 57.8 cm³/mol. The van der Waals surface area contributed by atoms with E-state index in [1.54, 1.807) is 6.33 Å². The summed E-state index contributed by atoms with van der Waals surface area (Å²) in [5.41, 5.74) is 9.00. The van der Waals surface area contributed by atoms with Gasteiger partial charge in [-0.05, 0) is 12.0 Å². The molecule has 3 nitrogen and oxygen atoms in total. The van der Waals surface area contributed by atoms with Crippen LogP contribution in [0.3, 0.4) is 0 Å². The van der Waals surface area contributed by atoms with E-state index in [-0.39, 0.29) is 0 Å². The number of benzene rings is 1. The molecule has 0 bridgehead atoms. The first kappa shape index (κ1) is 8.81. The molecule has 1 aromatic heterocycles. The third-order valence-corrected chi connectivity index (χ3v) is 2.32. The molecule has 2 aromatic rings. The van der Waals surface area contributed by atoms with E-state index in [0.29, 0.717) is 5.82 Å². The van der Waals surface area contributed by atoms with Crippen molar-refractivity contribution in [3.63, 3.8) is 0 Å². The lowest BCUT2D eigenvalue weighted by Gasteiger charge is -2.00. The molecule has 0 saturated heterocycles. The first-order chi connectivity index (χ1) is 6.81. The zero-order chi connectivity index (χ0) is 9.97. The van der Waals surface area contributed by atoms with Gasteiger partial charge >= 0.3 is 0 Å². The maximum absolute atomic E-state index is 5.70. The number of aromatic nitrogens is 2. The molecule has 3 N–H and O–H groups in total. The van der Waals surface area contributed by atoms with Gasteiger partial charge in [-0.3, -0.25) is 0 Å². The fourth-order valence-electron chi connectivity index (χ4n) is 1.44. The number of nitrogens with one attached hydrogen (secondary N) is 1. The van der Waals surface area contributed by atoms with E-state index in [2.05, 4.69) is 41.2 Å². The third kappa shape index (κ3) is 1.48. The Morgan fingerprint density at radius 1 is 1.29 bits per heavy atom. The number of hydrogen-bond acceptors (Lipinski definition) is 2. The molecule has 0 spiro atoms. The standard InChI is InChI=1S/C11H13N3/c1-2-8-3-5-9(6-4-8)10-11(12)14-7-13-10/h3-7H,2,12H2,1H3,(H,13,14). The van der Waals surface area contributed by atoms with Crippen LogP contribution in [0.4, 0.5) is 5.82 Å². The summed E-state index contributed by atoms with van der Waals surface area (Å²) in [6.45, 7) is 2.14. The van der Waals surface area contributed by atoms with Crippen LogP contribution in [0.25, 0.3) is 11.3 Å². The van der Waals surface area contributed by atoms with Gasteiger partial charge < -0.3 is 10.7 Å². The normalized spacial score (nSPS) is 10.4. The number of aryl methyl sites for hydroxylation is 1. The Balaban J connectivity index is 2.39. The van der Waals surface area contributed by atoms with Crippen molar-refractivity contribution in [1.29, 1.82) is 0 Å². The number of imidazole rings is 1.